The normalized spacial score (nSPS) is 31.6. The largest absolute Gasteiger partial charge is 0.0693 e. The van der Waals surface area contributed by atoms with Gasteiger partial charge in [0, 0.05) is 8.07 Å². The van der Waals surface area contributed by atoms with Crippen molar-refractivity contribution >= 4 is 8.07 Å². The Labute approximate surface area is 88.4 Å². The van der Waals surface area contributed by atoms with Gasteiger partial charge in [-0.1, -0.05) is 56.9 Å². The lowest BCUT2D eigenvalue weighted by atomic mass is 9.99. The molecule has 0 spiro atoms. The highest BCUT2D eigenvalue weighted by Gasteiger charge is 2.56. The Morgan fingerprint density at radius 3 is 2.14 bits per heavy atom. The van der Waals surface area contributed by atoms with Crippen molar-refractivity contribution in [2.24, 2.45) is 0 Å². The maximum Gasteiger partial charge on any atom is 0.0483 e. The van der Waals surface area contributed by atoms with Crippen molar-refractivity contribution < 1.29 is 0 Å². The summed E-state index contributed by atoms with van der Waals surface area (Å²) in [5, 5.41) is 0. The Hall–Kier alpha value is -0.563. The van der Waals surface area contributed by atoms with Crippen LogP contribution in [0.3, 0.4) is 0 Å². The minimum absolute atomic E-state index is 0.506. The van der Waals surface area contributed by atoms with Gasteiger partial charge in [0.25, 0.3) is 0 Å². The van der Waals surface area contributed by atoms with Crippen LogP contribution in [0.25, 0.3) is 0 Å². The second-order valence-corrected chi connectivity index (χ2v) is 11.3. The SMILES string of the molecule is C[C@]1(c2ccccc2)C[C@@H]1[Si](C)(C)C. The molecule has 1 aromatic carbocycles. The van der Waals surface area contributed by atoms with Crippen molar-refractivity contribution in [2.75, 3.05) is 0 Å². The molecule has 0 radical (unpaired) electrons. The molecule has 0 N–H and O–H groups in total. The predicted molar refractivity (Wildman–Crippen MR) is 65.5 cm³/mol. The van der Waals surface area contributed by atoms with Crippen LogP contribution in [-0.2, 0) is 5.41 Å². The van der Waals surface area contributed by atoms with Gasteiger partial charge in [0.15, 0.2) is 0 Å². The molecule has 1 aliphatic carbocycles. The van der Waals surface area contributed by atoms with E-state index in [1.165, 1.54) is 6.42 Å². The molecule has 14 heavy (non-hydrogen) atoms. The summed E-state index contributed by atoms with van der Waals surface area (Å²) in [5.41, 5.74) is 3.04. The first-order valence-electron chi connectivity index (χ1n) is 5.50. The molecule has 0 aliphatic heterocycles. The minimum Gasteiger partial charge on any atom is -0.0693 e. The molecule has 1 aromatic rings. The maximum atomic E-state index is 2.49. The van der Waals surface area contributed by atoms with Crippen LogP contribution < -0.4 is 0 Å². The molecule has 0 unspecified atom stereocenters. The topological polar surface area (TPSA) is 0 Å². The standard InChI is InChI=1S/C13H20Si/c1-13(10-12(13)14(2,3)4)11-8-6-5-7-9-11/h5-9,12H,10H2,1-4H3/t12-,13+/m0/s1. The third kappa shape index (κ3) is 1.54. The highest BCUT2D eigenvalue weighted by Crippen LogP contribution is 2.63. The Morgan fingerprint density at radius 2 is 1.71 bits per heavy atom. The molecule has 0 aromatic heterocycles. The van der Waals surface area contributed by atoms with Gasteiger partial charge >= 0.3 is 0 Å². The van der Waals surface area contributed by atoms with Crippen molar-refractivity contribution in [3.8, 4) is 0 Å². The van der Waals surface area contributed by atoms with Crippen LogP contribution in [0.1, 0.15) is 18.9 Å². The second-order valence-electron chi connectivity index (χ2n) is 5.91. The molecule has 1 heteroatoms. The molecular formula is C13H20Si. The molecule has 76 valence electrons. The molecule has 0 nitrogen and oxygen atoms in total. The van der Waals surface area contributed by atoms with Crippen molar-refractivity contribution in [2.45, 2.75) is 43.9 Å². The van der Waals surface area contributed by atoms with E-state index < -0.39 is 8.07 Å². The minimum atomic E-state index is -0.942. The van der Waals surface area contributed by atoms with E-state index in [1.807, 2.05) is 0 Å². The average Bonchev–Trinajstić information content (AvgIpc) is 2.81. The van der Waals surface area contributed by atoms with Crippen LogP contribution in [0.2, 0.25) is 25.2 Å². The van der Waals surface area contributed by atoms with E-state index in [9.17, 15) is 0 Å². The zero-order valence-electron chi connectivity index (χ0n) is 9.67. The predicted octanol–water partition coefficient (Wildman–Crippen LogP) is 4.06. The maximum absolute atomic E-state index is 2.49. The Kier molecular flexibility index (Phi) is 2.11. The molecule has 0 heterocycles. The number of hydrogen-bond donors (Lipinski definition) is 0. The van der Waals surface area contributed by atoms with Crippen LogP contribution in [0.15, 0.2) is 30.3 Å². The van der Waals surface area contributed by atoms with E-state index in [0.29, 0.717) is 5.41 Å². The number of benzene rings is 1. The molecule has 0 amide bonds. The summed E-state index contributed by atoms with van der Waals surface area (Å²) in [6, 6.07) is 11.0. The summed E-state index contributed by atoms with van der Waals surface area (Å²) < 4.78 is 0. The van der Waals surface area contributed by atoms with E-state index >= 15 is 0 Å². The van der Waals surface area contributed by atoms with Gasteiger partial charge in [0.05, 0.1) is 0 Å². The quantitative estimate of drug-likeness (QED) is 0.637. The van der Waals surface area contributed by atoms with Crippen molar-refractivity contribution in [1.29, 1.82) is 0 Å². The Bertz CT molecular complexity index is 323. The van der Waals surface area contributed by atoms with Crippen LogP contribution in [0, 0.1) is 0 Å². The monoisotopic (exact) mass is 204 g/mol. The van der Waals surface area contributed by atoms with Crippen LogP contribution in [0.5, 0.6) is 0 Å². The summed E-state index contributed by atoms with van der Waals surface area (Å²) in [5.74, 6) is 0. The molecule has 0 saturated heterocycles. The summed E-state index contributed by atoms with van der Waals surface area (Å²) >= 11 is 0. The highest BCUT2D eigenvalue weighted by atomic mass is 28.3. The Balaban J connectivity index is 2.23. The first-order chi connectivity index (χ1) is 6.44. The third-order valence-corrected chi connectivity index (χ3v) is 6.65. The lowest BCUT2D eigenvalue weighted by Gasteiger charge is -2.20. The summed E-state index contributed by atoms with van der Waals surface area (Å²) in [6.45, 7) is 9.91. The molecule has 2 atom stereocenters. The fourth-order valence-corrected chi connectivity index (χ4v) is 5.88. The van der Waals surface area contributed by atoms with Crippen LogP contribution in [-0.4, -0.2) is 8.07 Å². The van der Waals surface area contributed by atoms with Gasteiger partial charge in [-0.3, -0.25) is 0 Å². The molecule has 0 bridgehead atoms. The van der Waals surface area contributed by atoms with Crippen molar-refractivity contribution in [3.63, 3.8) is 0 Å². The van der Waals surface area contributed by atoms with Gasteiger partial charge < -0.3 is 0 Å². The van der Waals surface area contributed by atoms with Gasteiger partial charge in [0.2, 0.25) is 0 Å². The van der Waals surface area contributed by atoms with Gasteiger partial charge in [-0.05, 0) is 22.9 Å². The van der Waals surface area contributed by atoms with E-state index in [1.54, 1.807) is 5.56 Å². The van der Waals surface area contributed by atoms with Gasteiger partial charge in [-0.2, -0.15) is 0 Å². The summed E-state index contributed by atoms with van der Waals surface area (Å²) in [7, 11) is -0.942. The number of hydrogen-bond acceptors (Lipinski definition) is 0. The summed E-state index contributed by atoms with van der Waals surface area (Å²) in [6.07, 6.45) is 1.41. The van der Waals surface area contributed by atoms with Crippen molar-refractivity contribution in [3.05, 3.63) is 35.9 Å². The van der Waals surface area contributed by atoms with E-state index in [4.69, 9.17) is 0 Å². The van der Waals surface area contributed by atoms with Crippen LogP contribution in [0.4, 0.5) is 0 Å². The fourth-order valence-electron chi connectivity index (χ4n) is 2.76. The van der Waals surface area contributed by atoms with Crippen LogP contribution >= 0.6 is 0 Å². The molecule has 1 aliphatic rings. The van der Waals surface area contributed by atoms with Gasteiger partial charge in [-0.15, -0.1) is 0 Å². The molecule has 1 fully saturated rings. The van der Waals surface area contributed by atoms with Gasteiger partial charge in [-0.25, -0.2) is 0 Å². The Morgan fingerprint density at radius 1 is 1.14 bits per heavy atom. The number of rotatable bonds is 2. The average molecular weight is 204 g/mol. The lowest BCUT2D eigenvalue weighted by molar-refractivity contribution is 0.780. The fraction of sp³-hybridized carbons (Fsp3) is 0.538. The first-order valence-corrected chi connectivity index (χ1v) is 9.08. The van der Waals surface area contributed by atoms with E-state index in [0.717, 1.165) is 5.54 Å². The smallest absolute Gasteiger partial charge is 0.0483 e. The van der Waals surface area contributed by atoms with Crippen molar-refractivity contribution in [1.82, 2.24) is 0 Å². The molecule has 1 saturated carbocycles. The zero-order valence-corrected chi connectivity index (χ0v) is 10.7. The second kappa shape index (κ2) is 2.96. The zero-order chi connectivity index (χ0) is 10.4. The third-order valence-electron chi connectivity index (χ3n) is 3.72. The first kappa shape index (κ1) is 9.97. The van der Waals surface area contributed by atoms with E-state index in [-0.39, 0.29) is 0 Å². The van der Waals surface area contributed by atoms with E-state index in [2.05, 4.69) is 56.9 Å². The summed E-state index contributed by atoms with van der Waals surface area (Å²) in [4.78, 5) is 0. The molecular weight excluding hydrogens is 184 g/mol. The molecule has 2 rings (SSSR count). The highest BCUT2D eigenvalue weighted by molar-refractivity contribution is 6.78. The lowest BCUT2D eigenvalue weighted by Crippen LogP contribution is -2.24. The van der Waals surface area contributed by atoms with Gasteiger partial charge in [0.1, 0.15) is 0 Å².